The topological polar surface area (TPSA) is 70.9 Å². The van der Waals surface area contributed by atoms with Gasteiger partial charge in [0.15, 0.2) is 6.61 Å². The van der Waals surface area contributed by atoms with E-state index in [-0.39, 0.29) is 12.4 Å². The Labute approximate surface area is 174 Å². The first-order valence-corrected chi connectivity index (χ1v) is 9.46. The minimum Gasteiger partial charge on any atom is -0.507 e. The Kier molecular flexibility index (Phi) is 6.87. The molecule has 1 amide bonds. The van der Waals surface area contributed by atoms with Gasteiger partial charge in [0.2, 0.25) is 0 Å². The average Bonchev–Trinajstić information content (AvgIpc) is 2.70. The van der Waals surface area contributed by atoms with E-state index in [2.05, 4.69) is 10.5 Å². The molecule has 0 saturated heterocycles. The number of carbonyl (C=O) groups is 1. The van der Waals surface area contributed by atoms with Gasteiger partial charge < -0.3 is 9.84 Å². The molecule has 3 rings (SSSR count). The summed E-state index contributed by atoms with van der Waals surface area (Å²) in [4.78, 5) is 11.9. The number of aromatic hydroxyl groups is 1. The van der Waals surface area contributed by atoms with Crippen LogP contribution in [0.1, 0.15) is 22.3 Å². The van der Waals surface area contributed by atoms with Crippen LogP contribution in [0.15, 0.2) is 71.8 Å². The number of nitrogens with one attached hydrogen (secondary N) is 1. The predicted octanol–water partition coefficient (Wildman–Crippen LogP) is 4.47. The quantitative estimate of drug-likeness (QED) is 0.447. The number of aryl methyl sites for hydroxylation is 1. The fourth-order valence-electron chi connectivity index (χ4n) is 2.74. The van der Waals surface area contributed by atoms with E-state index in [1.807, 2.05) is 55.5 Å². The second-order valence-electron chi connectivity index (χ2n) is 6.56. The Morgan fingerprint density at radius 2 is 1.97 bits per heavy atom. The molecule has 0 bridgehead atoms. The van der Waals surface area contributed by atoms with Crippen LogP contribution in [0, 0.1) is 6.92 Å². The van der Waals surface area contributed by atoms with Gasteiger partial charge in [-0.05, 0) is 60.4 Å². The summed E-state index contributed by atoms with van der Waals surface area (Å²) in [7, 11) is 0. The maximum atomic E-state index is 11.9. The van der Waals surface area contributed by atoms with Gasteiger partial charge >= 0.3 is 0 Å². The number of carbonyl (C=O) groups excluding carboxylic acids is 1. The molecule has 29 heavy (non-hydrogen) atoms. The van der Waals surface area contributed by atoms with Gasteiger partial charge in [0, 0.05) is 10.6 Å². The number of phenolic OH excluding ortho intramolecular Hbond substituents is 1. The van der Waals surface area contributed by atoms with Crippen molar-refractivity contribution in [2.45, 2.75) is 13.3 Å². The molecule has 0 aliphatic carbocycles. The Morgan fingerprint density at radius 1 is 1.14 bits per heavy atom. The molecule has 5 nitrogen and oxygen atoms in total. The number of rotatable bonds is 7. The Morgan fingerprint density at radius 3 is 2.76 bits per heavy atom. The lowest BCUT2D eigenvalue weighted by Crippen LogP contribution is -2.24. The minimum absolute atomic E-state index is 0.0712. The molecule has 3 aromatic rings. The zero-order valence-corrected chi connectivity index (χ0v) is 16.7. The van der Waals surface area contributed by atoms with E-state index in [9.17, 15) is 9.90 Å². The van der Waals surface area contributed by atoms with Crippen LogP contribution in [0.4, 0.5) is 0 Å². The monoisotopic (exact) mass is 408 g/mol. The van der Waals surface area contributed by atoms with Crippen LogP contribution >= 0.6 is 11.6 Å². The molecule has 3 aromatic carbocycles. The van der Waals surface area contributed by atoms with Crippen molar-refractivity contribution in [2.24, 2.45) is 5.10 Å². The first-order valence-electron chi connectivity index (χ1n) is 9.08. The van der Waals surface area contributed by atoms with E-state index in [4.69, 9.17) is 16.3 Å². The molecule has 0 heterocycles. The van der Waals surface area contributed by atoms with E-state index >= 15 is 0 Å². The number of halogens is 1. The van der Waals surface area contributed by atoms with Gasteiger partial charge in [0.1, 0.15) is 11.5 Å². The zero-order valence-electron chi connectivity index (χ0n) is 15.9. The first kappa shape index (κ1) is 20.4. The van der Waals surface area contributed by atoms with Gasteiger partial charge in [-0.2, -0.15) is 5.10 Å². The largest absolute Gasteiger partial charge is 0.507 e. The van der Waals surface area contributed by atoms with Gasteiger partial charge in [-0.3, -0.25) is 4.79 Å². The maximum Gasteiger partial charge on any atom is 0.277 e. The molecule has 148 valence electrons. The van der Waals surface area contributed by atoms with Crippen LogP contribution in [-0.2, 0) is 11.2 Å². The molecule has 0 saturated carbocycles. The number of ether oxygens (including phenoxy) is 1. The van der Waals surface area contributed by atoms with Gasteiger partial charge in [-0.15, -0.1) is 0 Å². The number of hydrogen-bond donors (Lipinski definition) is 2. The van der Waals surface area contributed by atoms with Crippen molar-refractivity contribution in [3.8, 4) is 11.5 Å². The van der Waals surface area contributed by atoms with E-state index in [1.165, 1.54) is 6.21 Å². The fourth-order valence-corrected chi connectivity index (χ4v) is 2.94. The third kappa shape index (κ3) is 6.09. The fraction of sp³-hybridized carbons (Fsp3) is 0.130. The first-order chi connectivity index (χ1) is 14.0. The summed E-state index contributed by atoms with van der Waals surface area (Å²) in [6.45, 7) is 1.79. The average molecular weight is 409 g/mol. The molecular weight excluding hydrogens is 388 g/mol. The highest BCUT2D eigenvalue weighted by atomic mass is 35.5. The van der Waals surface area contributed by atoms with E-state index < -0.39 is 5.91 Å². The normalized spacial score (nSPS) is 10.8. The lowest BCUT2D eigenvalue weighted by Gasteiger charge is -2.07. The van der Waals surface area contributed by atoms with E-state index in [0.717, 1.165) is 16.7 Å². The van der Waals surface area contributed by atoms with Gasteiger partial charge in [-0.25, -0.2) is 5.43 Å². The molecule has 6 heteroatoms. The van der Waals surface area contributed by atoms with Crippen molar-refractivity contribution in [1.29, 1.82) is 0 Å². The number of phenols is 1. The van der Waals surface area contributed by atoms with Crippen LogP contribution in [0.3, 0.4) is 0 Å². The summed E-state index contributed by atoms with van der Waals surface area (Å²) < 4.78 is 5.42. The van der Waals surface area contributed by atoms with E-state index in [0.29, 0.717) is 22.8 Å². The highest BCUT2D eigenvalue weighted by Crippen LogP contribution is 2.22. The zero-order chi connectivity index (χ0) is 20.6. The molecule has 0 fully saturated rings. The molecule has 0 aliphatic heterocycles. The molecule has 2 N–H and O–H groups in total. The summed E-state index contributed by atoms with van der Waals surface area (Å²) in [6, 6.07) is 20.3. The van der Waals surface area contributed by atoms with Gasteiger partial charge in [-0.1, -0.05) is 48.0 Å². The highest BCUT2D eigenvalue weighted by Gasteiger charge is 2.06. The Hall–Kier alpha value is -3.31. The van der Waals surface area contributed by atoms with Crippen molar-refractivity contribution in [3.63, 3.8) is 0 Å². The molecular formula is C23H21ClN2O3. The molecule has 0 aromatic heterocycles. The number of nitrogens with zero attached hydrogens (tertiary/aromatic N) is 1. The van der Waals surface area contributed by atoms with Crippen molar-refractivity contribution in [1.82, 2.24) is 5.43 Å². The standard InChI is InChI=1S/C23H21ClN2O3/c1-16-5-4-7-20(11-16)29-15-23(28)26-25-14-19-13-17(9-10-22(19)27)12-18-6-2-3-8-21(18)24/h2-11,13-14,27H,12,15H2,1H3,(H,26,28)/b25-14+. The lowest BCUT2D eigenvalue weighted by atomic mass is 10.0. The minimum atomic E-state index is -0.394. The van der Waals surface area contributed by atoms with Crippen LogP contribution in [0.5, 0.6) is 11.5 Å². The third-order valence-electron chi connectivity index (χ3n) is 4.20. The Balaban J connectivity index is 1.58. The molecule has 0 unspecified atom stereocenters. The van der Waals surface area contributed by atoms with Gasteiger partial charge in [0.25, 0.3) is 5.91 Å². The summed E-state index contributed by atoms with van der Waals surface area (Å²) in [5.41, 5.74) is 5.89. The van der Waals surface area contributed by atoms with Crippen LogP contribution in [-0.4, -0.2) is 23.8 Å². The summed E-state index contributed by atoms with van der Waals surface area (Å²) in [6.07, 6.45) is 2.02. The van der Waals surface area contributed by atoms with Crippen LogP contribution in [0.2, 0.25) is 5.02 Å². The second kappa shape index (κ2) is 9.75. The third-order valence-corrected chi connectivity index (χ3v) is 4.57. The maximum absolute atomic E-state index is 11.9. The smallest absolute Gasteiger partial charge is 0.277 e. The summed E-state index contributed by atoms with van der Waals surface area (Å²) in [5.74, 6) is 0.297. The second-order valence-corrected chi connectivity index (χ2v) is 6.97. The summed E-state index contributed by atoms with van der Waals surface area (Å²) >= 11 is 6.21. The van der Waals surface area contributed by atoms with Crippen molar-refractivity contribution in [3.05, 3.63) is 94.0 Å². The van der Waals surface area contributed by atoms with Gasteiger partial charge in [0.05, 0.1) is 6.21 Å². The van der Waals surface area contributed by atoms with Crippen molar-refractivity contribution >= 4 is 23.7 Å². The van der Waals surface area contributed by atoms with Crippen LogP contribution in [0.25, 0.3) is 0 Å². The summed E-state index contributed by atoms with van der Waals surface area (Å²) in [5, 5.41) is 14.6. The van der Waals surface area contributed by atoms with E-state index in [1.54, 1.807) is 18.2 Å². The Bertz CT molecular complexity index is 1030. The number of benzene rings is 3. The van der Waals surface area contributed by atoms with Crippen molar-refractivity contribution in [2.75, 3.05) is 6.61 Å². The molecule has 0 radical (unpaired) electrons. The van der Waals surface area contributed by atoms with Crippen LogP contribution < -0.4 is 10.2 Å². The number of hydrazone groups is 1. The van der Waals surface area contributed by atoms with Crippen molar-refractivity contribution < 1.29 is 14.6 Å². The number of hydrogen-bond acceptors (Lipinski definition) is 4. The SMILES string of the molecule is Cc1cccc(OCC(=O)N/N=C/c2cc(Cc3ccccc3Cl)ccc2O)c1. The highest BCUT2D eigenvalue weighted by molar-refractivity contribution is 6.31. The lowest BCUT2D eigenvalue weighted by molar-refractivity contribution is -0.123. The molecule has 0 atom stereocenters. The molecule has 0 spiro atoms. The molecule has 0 aliphatic rings. The number of amides is 1. The predicted molar refractivity (Wildman–Crippen MR) is 115 cm³/mol.